The van der Waals surface area contributed by atoms with Gasteiger partial charge in [0.25, 0.3) is 0 Å². The van der Waals surface area contributed by atoms with E-state index in [0.29, 0.717) is 12.0 Å². The van der Waals surface area contributed by atoms with Crippen LogP contribution in [0.1, 0.15) is 36.5 Å². The molecule has 1 aliphatic rings. The molecule has 0 radical (unpaired) electrons. The molecule has 1 aliphatic carbocycles. The van der Waals surface area contributed by atoms with E-state index in [9.17, 15) is 4.79 Å². The highest BCUT2D eigenvalue weighted by Gasteiger charge is 2.23. The number of aromatic carboxylic acids is 1. The van der Waals surface area contributed by atoms with Gasteiger partial charge in [-0.05, 0) is 37.0 Å². The van der Waals surface area contributed by atoms with Crippen molar-refractivity contribution in [1.29, 1.82) is 0 Å². The van der Waals surface area contributed by atoms with E-state index in [1.54, 1.807) is 18.2 Å². The van der Waals surface area contributed by atoms with Crippen molar-refractivity contribution in [3.63, 3.8) is 0 Å². The van der Waals surface area contributed by atoms with E-state index < -0.39 is 5.97 Å². The third-order valence-corrected chi connectivity index (χ3v) is 3.73. The summed E-state index contributed by atoms with van der Waals surface area (Å²) in [6.07, 6.45) is 3.66. The number of benzene rings is 1. The number of hydrogen-bond donors (Lipinski definition) is 2. The van der Waals surface area contributed by atoms with Crippen LogP contribution >= 0.6 is 11.6 Å². The summed E-state index contributed by atoms with van der Waals surface area (Å²) in [5, 5.41) is 12.6. The summed E-state index contributed by atoms with van der Waals surface area (Å²) in [5.74, 6) is -0.330. The van der Waals surface area contributed by atoms with Crippen LogP contribution in [0.15, 0.2) is 18.2 Å². The third kappa shape index (κ3) is 2.72. The molecule has 2 N–H and O–H groups in total. The van der Waals surface area contributed by atoms with Gasteiger partial charge in [0.2, 0.25) is 0 Å². The van der Waals surface area contributed by atoms with Gasteiger partial charge in [-0.1, -0.05) is 24.9 Å². The van der Waals surface area contributed by atoms with Gasteiger partial charge in [-0.3, -0.25) is 0 Å². The molecule has 1 fully saturated rings. The SMILES string of the molecule is CC1CCCC1Nc1ccc(C(=O)O)c(Cl)c1. The molecule has 2 unspecified atom stereocenters. The molecule has 2 rings (SSSR count). The zero-order chi connectivity index (χ0) is 12.4. The molecule has 1 aromatic carbocycles. The molecule has 0 bridgehead atoms. The quantitative estimate of drug-likeness (QED) is 0.865. The van der Waals surface area contributed by atoms with Crippen LogP contribution in [0, 0.1) is 5.92 Å². The topological polar surface area (TPSA) is 49.3 Å². The Labute approximate surface area is 106 Å². The number of carboxylic acids is 1. The monoisotopic (exact) mass is 253 g/mol. The molecule has 0 saturated heterocycles. The molecule has 17 heavy (non-hydrogen) atoms. The largest absolute Gasteiger partial charge is 0.478 e. The van der Waals surface area contributed by atoms with Gasteiger partial charge in [0.15, 0.2) is 0 Å². The molecule has 0 spiro atoms. The highest BCUT2D eigenvalue weighted by atomic mass is 35.5. The van der Waals surface area contributed by atoms with Crippen LogP contribution in [0.3, 0.4) is 0 Å². The van der Waals surface area contributed by atoms with Gasteiger partial charge >= 0.3 is 5.97 Å². The number of nitrogens with one attached hydrogen (secondary N) is 1. The van der Waals surface area contributed by atoms with E-state index in [4.69, 9.17) is 16.7 Å². The van der Waals surface area contributed by atoms with Gasteiger partial charge in [0, 0.05) is 11.7 Å². The second-order valence-corrected chi connectivity index (χ2v) is 5.07. The van der Waals surface area contributed by atoms with Gasteiger partial charge in [0.05, 0.1) is 10.6 Å². The third-order valence-electron chi connectivity index (χ3n) is 3.41. The predicted octanol–water partition coefficient (Wildman–Crippen LogP) is 3.64. The number of hydrogen-bond acceptors (Lipinski definition) is 2. The standard InChI is InChI=1S/C13H16ClNO2/c1-8-3-2-4-12(8)15-9-5-6-10(13(16)17)11(14)7-9/h5-8,12,15H,2-4H2,1H3,(H,16,17). The molecule has 4 heteroatoms. The summed E-state index contributed by atoms with van der Waals surface area (Å²) in [5.41, 5.74) is 1.05. The molecule has 0 aromatic heterocycles. The minimum absolute atomic E-state index is 0.150. The lowest BCUT2D eigenvalue weighted by Gasteiger charge is -2.19. The van der Waals surface area contributed by atoms with Crippen LogP contribution in [0.5, 0.6) is 0 Å². The zero-order valence-corrected chi connectivity index (χ0v) is 10.5. The lowest BCUT2D eigenvalue weighted by Crippen LogP contribution is -2.21. The molecule has 0 heterocycles. The average molecular weight is 254 g/mol. The lowest BCUT2D eigenvalue weighted by molar-refractivity contribution is 0.0697. The predicted molar refractivity (Wildman–Crippen MR) is 68.8 cm³/mol. The fourth-order valence-electron chi connectivity index (χ4n) is 2.35. The maximum atomic E-state index is 10.8. The van der Waals surface area contributed by atoms with Gasteiger partial charge in [-0.2, -0.15) is 0 Å². The summed E-state index contributed by atoms with van der Waals surface area (Å²) in [6, 6.07) is 5.49. The molecule has 92 valence electrons. The first kappa shape index (κ1) is 12.2. The Kier molecular flexibility index (Phi) is 3.57. The first-order chi connectivity index (χ1) is 8.08. The van der Waals surface area contributed by atoms with E-state index in [1.807, 2.05) is 0 Å². The average Bonchev–Trinajstić information content (AvgIpc) is 2.64. The highest BCUT2D eigenvalue weighted by Crippen LogP contribution is 2.29. The van der Waals surface area contributed by atoms with Crippen LogP contribution in [-0.4, -0.2) is 17.1 Å². The normalized spacial score (nSPS) is 23.6. The van der Waals surface area contributed by atoms with Gasteiger partial charge in [-0.15, -0.1) is 0 Å². The fourth-order valence-corrected chi connectivity index (χ4v) is 2.61. The van der Waals surface area contributed by atoms with Crippen molar-refractivity contribution in [1.82, 2.24) is 0 Å². The molecule has 0 amide bonds. The van der Waals surface area contributed by atoms with Crippen molar-refractivity contribution in [3.8, 4) is 0 Å². The van der Waals surface area contributed by atoms with E-state index in [0.717, 1.165) is 5.69 Å². The van der Waals surface area contributed by atoms with E-state index in [-0.39, 0.29) is 10.6 Å². The Balaban J connectivity index is 2.12. The van der Waals surface area contributed by atoms with Crippen LogP contribution in [0.25, 0.3) is 0 Å². The van der Waals surface area contributed by atoms with E-state index >= 15 is 0 Å². The first-order valence-corrected chi connectivity index (χ1v) is 6.25. The molecule has 0 aliphatic heterocycles. The summed E-state index contributed by atoms with van der Waals surface area (Å²) < 4.78 is 0. The summed E-state index contributed by atoms with van der Waals surface area (Å²) in [6.45, 7) is 2.23. The van der Waals surface area contributed by atoms with E-state index in [2.05, 4.69) is 12.2 Å². The number of halogens is 1. The summed E-state index contributed by atoms with van der Waals surface area (Å²) in [4.78, 5) is 10.8. The number of anilines is 1. The van der Waals surface area contributed by atoms with Crippen LogP contribution < -0.4 is 5.32 Å². The van der Waals surface area contributed by atoms with Crippen molar-refractivity contribution in [2.45, 2.75) is 32.2 Å². The molecule has 1 aromatic rings. The Morgan fingerprint density at radius 3 is 2.76 bits per heavy atom. The Hall–Kier alpha value is -1.22. The fraction of sp³-hybridized carbons (Fsp3) is 0.462. The first-order valence-electron chi connectivity index (χ1n) is 5.87. The maximum absolute atomic E-state index is 10.8. The van der Waals surface area contributed by atoms with Crippen molar-refractivity contribution >= 4 is 23.3 Å². The van der Waals surface area contributed by atoms with Gasteiger partial charge < -0.3 is 10.4 Å². The molecule has 2 atom stereocenters. The zero-order valence-electron chi connectivity index (χ0n) is 9.74. The van der Waals surface area contributed by atoms with Gasteiger partial charge in [-0.25, -0.2) is 4.79 Å². The lowest BCUT2D eigenvalue weighted by atomic mass is 10.1. The molecule has 1 saturated carbocycles. The number of carbonyl (C=O) groups is 1. The smallest absolute Gasteiger partial charge is 0.337 e. The number of rotatable bonds is 3. The van der Waals surface area contributed by atoms with Crippen molar-refractivity contribution < 1.29 is 9.90 Å². The van der Waals surface area contributed by atoms with Gasteiger partial charge in [0.1, 0.15) is 0 Å². The highest BCUT2D eigenvalue weighted by molar-refractivity contribution is 6.33. The van der Waals surface area contributed by atoms with Crippen molar-refractivity contribution in [2.24, 2.45) is 5.92 Å². The molecular formula is C13H16ClNO2. The summed E-state index contributed by atoms with van der Waals surface area (Å²) >= 11 is 5.93. The maximum Gasteiger partial charge on any atom is 0.337 e. The Bertz CT molecular complexity index is 433. The van der Waals surface area contributed by atoms with Crippen molar-refractivity contribution in [2.75, 3.05) is 5.32 Å². The Morgan fingerprint density at radius 2 is 2.24 bits per heavy atom. The molecule has 3 nitrogen and oxygen atoms in total. The van der Waals surface area contributed by atoms with Crippen LogP contribution in [0.4, 0.5) is 5.69 Å². The van der Waals surface area contributed by atoms with Crippen molar-refractivity contribution in [3.05, 3.63) is 28.8 Å². The van der Waals surface area contributed by atoms with E-state index in [1.165, 1.54) is 19.3 Å². The van der Waals surface area contributed by atoms with Crippen LogP contribution in [-0.2, 0) is 0 Å². The Morgan fingerprint density at radius 1 is 1.47 bits per heavy atom. The second-order valence-electron chi connectivity index (χ2n) is 4.66. The summed E-state index contributed by atoms with van der Waals surface area (Å²) in [7, 11) is 0. The minimum Gasteiger partial charge on any atom is -0.478 e. The second kappa shape index (κ2) is 4.96. The van der Waals surface area contributed by atoms with Crippen LogP contribution in [0.2, 0.25) is 5.02 Å². The number of carboxylic acid groups (broad SMARTS) is 1. The molecular weight excluding hydrogens is 238 g/mol. The minimum atomic E-state index is -0.990.